The number of rotatable bonds is 5. The lowest BCUT2D eigenvalue weighted by Gasteiger charge is -2.27. The van der Waals surface area contributed by atoms with Gasteiger partial charge in [0.15, 0.2) is 5.78 Å². The summed E-state index contributed by atoms with van der Waals surface area (Å²) >= 11 is 0. The Morgan fingerprint density at radius 3 is 2.30 bits per heavy atom. The van der Waals surface area contributed by atoms with Gasteiger partial charge >= 0.3 is 0 Å². The second-order valence-corrected chi connectivity index (χ2v) is 7.51. The second-order valence-electron chi connectivity index (χ2n) is 7.51. The fourth-order valence-corrected chi connectivity index (χ4v) is 4.11. The minimum atomic E-state index is -0.489. The van der Waals surface area contributed by atoms with Gasteiger partial charge in [-0.1, -0.05) is 36.4 Å². The zero-order valence-corrected chi connectivity index (χ0v) is 16.4. The molecule has 7 nitrogen and oxygen atoms in total. The van der Waals surface area contributed by atoms with Crippen LogP contribution < -0.4 is 0 Å². The van der Waals surface area contributed by atoms with Gasteiger partial charge in [0.05, 0.1) is 18.1 Å². The number of Topliss-reactive ketones (excluding diaryl/α,β-unsaturated/α-hetero) is 1. The van der Waals surface area contributed by atoms with Gasteiger partial charge in [-0.3, -0.25) is 19.7 Å². The van der Waals surface area contributed by atoms with Crippen LogP contribution in [0.1, 0.15) is 28.3 Å². The van der Waals surface area contributed by atoms with Gasteiger partial charge in [-0.25, -0.2) is 0 Å². The first-order chi connectivity index (χ1) is 14.5. The molecule has 1 saturated heterocycles. The zero-order chi connectivity index (χ0) is 21.1. The Balaban J connectivity index is 1.61. The smallest absolute Gasteiger partial charge is 0.269 e. The molecule has 30 heavy (non-hydrogen) atoms. The summed E-state index contributed by atoms with van der Waals surface area (Å²) in [6.07, 6.45) is 2.27. The molecule has 0 unspecified atom stereocenters. The molecule has 2 atom stereocenters. The van der Waals surface area contributed by atoms with E-state index in [9.17, 15) is 19.7 Å². The van der Waals surface area contributed by atoms with E-state index in [1.54, 1.807) is 4.90 Å². The monoisotopic (exact) mass is 406 g/mol. The molecular formula is C23H22N2O5. The average Bonchev–Trinajstić information content (AvgIpc) is 3.25. The summed E-state index contributed by atoms with van der Waals surface area (Å²) in [7, 11) is 0. The number of benzene rings is 2. The minimum Gasteiger partial charge on any atom is -0.378 e. The molecule has 1 heterocycles. The Morgan fingerprint density at radius 2 is 1.67 bits per heavy atom. The third kappa shape index (κ3) is 4.02. The average molecular weight is 406 g/mol. The van der Waals surface area contributed by atoms with Gasteiger partial charge in [0.25, 0.3) is 5.69 Å². The van der Waals surface area contributed by atoms with Crippen molar-refractivity contribution >= 4 is 17.4 Å². The van der Waals surface area contributed by atoms with Gasteiger partial charge in [0.2, 0.25) is 5.91 Å². The molecule has 1 amide bonds. The summed E-state index contributed by atoms with van der Waals surface area (Å²) < 4.78 is 5.33. The van der Waals surface area contributed by atoms with Gasteiger partial charge in [-0.15, -0.1) is 0 Å². The largest absolute Gasteiger partial charge is 0.378 e. The van der Waals surface area contributed by atoms with Crippen LogP contribution in [-0.2, 0) is 9.53 Å². The van der Waals surface area contributed by atoms with E-state index in [1.807, 2.05) is 36.4 Å². The van der Waals surface area contributed by atoms with E-state index in [1.165, 1.54) is 24.3 Å². The molecule has 7 heteroatoms. The third-order valence-corrected chi connectivity index (χ3v) is 5.71. The van der Waals surface area contributed by atoms with Gasteiger partial charge in [0.1, 0.15) is 0 Å². The molecule has 0 saturated carbocycles. The molecule has 154 valence electrons. The van der Waals surface area contributed by atoms with Crippen LogP contribution in [0.4, 0.5) is 5.69 Å². The highest BCUT2D eigenvalue weighted by Gasteiger charge is 2.38. The van der Waals surface area contributed by atoms with Gasteiger partial charge in [-0.2, -0.15) is 0 Å². The van der Waals surface area contributed by atoms with Crippen molar-refractivity contribution in [3.05, 3.63) is 87.5 Å². The maximum atomic E-state index is 13.3. The summed E-state index contributed by atoms with van der Waals surface area (Å²) in [5.74, 6) is -0.791. The molecule has 0 spiro atoms. The molecule has 1 aliphatic carbocycles. The first-order valence-corrected chi connectivity index (χ1v) is 9.96. The highest BCUT2D eigenvalue weighted by molar-refractivity contribution is 6.02. The van der Waals surface area contributed by atoms with E-state index < -0.39 is 10.8 Å². The number of morpholine rings is 1. The van der Waals surface area contributed by atoms with E-state index in [2.05, 4.69) is 0 Å². The second kappa shape index (κ2) is 8.59. The Labute approximate surface area is 174 Å². The Morgan fingerprint density at radius 1 is 1.00 bits per heavy atom. The van der Waals surface area contributed by atoms with E-state index in [0.29, 0.717) is 43.9 Å². The highest BCUT2D eigenvalue weighted by Crippen LogP contribution is 2.41. The highest BCUT2D eigenvalue weighted by atomic mass is 16.6. The number of nitro groups is 1. The maximum Gasteiger partial charge on any atom is 0.269 e. The Bertz CT molecular complexity index is 978. The minimum absolute atomic E-state index is 0.0433. The van der Waals surface area contributed by atoms with Crippen LogP contribution in [0.2, 0.25) is 0 Å². The first-order valence-electron chi connectivity index (χ1n) is 9.96. The molecule has 1 fully saturated rings. The summed E-state index contributed by atoms with van der Waals surface area (Å²) in [4.78, 5) is 38.5. The number of nitro benzene ring substituents is 1. The van der Waals surface area contributed by atoms with Crippen LogP contribution in [0.3, 0.4) is 0 Å². The number of carbonyl (C=O) groups excluding carboxylic acids is 2. The fourth-order valence-electron chi connectivity index (χ4n) is 4.11. The van der Waals surface area contributed by atoms with Gasteiger partial charge < -0.3 is 9.64 Å². The quantitative estimate of drug-likeness (QED) is 0.431. The van der Waals surface area contributed by atoms with Crippen molar-refractivity contribution in [2.75, 3.05) is 26.3 Å². The summed E-state index contributed by atoms with van der Waals surface area (Å²) in [5, 5.41) is 10.9. The third-order valence-electron chi connectivity index (χ3n) is 5.71. The molecule has 0 radical (unpaired) electrons. The predicted octanol–water partition coefficient (Wildman–Crippen LogP) is 3.37. The fraction of sp³-hybridized carbons (Fsp3) is 0.304. The van der Waals surface area contributed by atoms with Gasteiger partial charge in [0, 0.05) is 48.2 Å². The Kier molecular flexibility index (Phi) is 5.72. The van der Waals surface area contributed by atoms with Crippen molar-refractivity contribution in [1.82, 2.24) is 4.90 Å². The van der Waals surface area contributed by atoms with Crippen LogP contribution in [0, 0.1) is 16.0 Å². The number of nitrogens with zero attached hydrogens (tertiary/aromatic N) is 2. The van der Waals surface area contributed by atoms with E-state index >= 15 is 0 Å². The molecule has 4 rings (SSSR count). The number of carbonyl (C=O) groups is 2. The summed E-state index contributed by atoms with van der Waals surface area (Å²) in [6.45, 7) is 2.14. The summed E-state index contributed by atoms with van der Waals surface area (Å²) in [5.41, 5.74) is 1.98. The normalized spacial score (nSPS) is 21.2. The van der Waals surface area contributed by atoms with Crippen molar-refractivity contribution in [2.24, 2.45) is 5.92 Å². The predicted molar refractivity (Wildman–Crippen MR) is 110 cm³/mol. The topological polar surface area (TPSA) is 89.8 Å². The van der Waals surface area contributed by atoms with Crippen molar-refractivity contribution in [3.63, 3.8) is 0 Å². The van der Waals surface area contributed by atoms with Gasteiger partial charge in [-0.05, 0) is 24.1 Å². The molecule has 0 N–H and O–H groups in total. The number of amides is 1. The van der Waals surface area contributed by atoms with Crippen molar-refractivity contribution < 1.29 is 19.2 Å². The number of allylic oxidation sites excluding steroid dienone is 1. The number of ether oxygens (including phenoxy) is 1. The lowest BCUT2D eigenvalue weighted by Crippen LogP contribution is -2.41. The van der Waals surface area contributed by atoms with Crippen LogP contribution in [0.5, 0.6) is 0 Å². The Hall–Kier alpha value is -3.32. The number of hydrogen-bond acceptors (Lipinski definition) is 5. The van der Waals surface area contributed by atoms with Crippen molar-refractivity contribution in [3.8, 4) is 0 Å². The van der Waals surface area contributed by atoms with E-state index in [4.69, 9.17) is 4.74 Å². The van der Waals surface area contributed by atoms with E-state index in [0.717, 1.165) is 5.56 Å². The standard InChI is InChI=1S/C23H22N2O5/c26-22(17-6-8-19(9-7-17)25(28)29)21-15-18(23(27)24-10-12-30-13-11-24)14-20(21)16-4-2-1-3-5-16/h1-9,14,20-21H,10-13,15H2/t20-,21+/m1/s1. The SMILES string of the molecule is O=C(c1ccc([N+](=O)[O-])cc1)[C@H]1CC(C(=O)N2CCOCC2)=C[C@@H]1c1ccccc1. The lowest BCUT2D eigenvalue weighted by atomic mass is 9.83. The number of hydrogen-bond donors (Lipinski definition) is 0. The van der Waals surface area contributed by atoms with Crippen molar-refractivity contribution in [1.29, 1.82) is 0 Å². The molecule has 2 aromatic rings. The molecular weight excluding hydrogens is 384 g/mol. The summed E-state index contributed by atoms with van der Waals surface area (Å²) in [6, 6.07) is 15.3. The molecule has 2 aromatic carbocycles. The molecule has 0 bridgehead atoms. The van der Waals surface area contributed by atoms with E-state index in [-0.39, 0.29) is 23.3 Å². The molecule has 1 aliphatic heterocycles. The van der Waals surface area contributed by atoms with Crippen LogP contribution in [0.15, 0.2) is 66.2 Å². The maximum absolute atomic E-state index is 13.3. The van der Waals surface area contributed by atoms with Crippen LogP contribution in [-0.4, -0.2) is 47.8 Å². The first kappa shape index (κ1) is 20.0. The van der Waals surface area contributed by atoms with Crippen LogP contribution in [0.25, 0.3) is 0 Å². The number of ketones is 1. The molecule has 0 aromatic heterocycles. The lowest BCUT2D eigenvalue weighted by molar-refractivity contribution is -0.384. The van der Waals surface area contributed by atoms with Crippen LogP contribution >= 0.6 is 0 Å². The van der Waals surface area contributed by atoms with Crippen molar-refractivity contribution in [2.45, 2.75) is 12.3 Å². The zero-order valence-electron chi connectivity index (χ0n) is 16.4. The molecule has 2 aliphatic rings. The number of non-ortho nitro benzene ring substituents is 1.